The monoisotopic (exact) mass is 103 g/mol. The fourth-order valence-corrected chi connectivity index (χ4v) is 0.642. The Labute approximate surface area is 44.0 Å². The molecule has 44 valence electrons. The van der Waals surface area contributed by atoms with E-state index >= 15 is 0 Å². The SMILES string of the molecule is NCCC1CC1.O. The standard InChI is InChI=1S/C5H11N.H2O/c6-4-3-5-1-2-5;/h5H,1-4,6H2;1H2. The van der Waals surface area contributed by atoms with Crippen LogP contribution in [0.1, 0.15) is 19.3 Å². The summed E-state index contributed by atoms with van der Waals surface area (Å²) in [6.07, 6.45) is 4.15. The van der Waals surface area contributed by atoms with Gasteiger partial charge in [0.1, 0.15) is 0 Å². The van der Waals surface area contributed by atoms with Crippen LogP contribution in [0.4, 0.5) is 0 Å². The molecule has 0 aromatic carbocycles. The summed E-state index contributed by atoms with van der Waals surface area (Å²) in [6.45, 7) is 0.894. The first-order chi connectivity index (χ1) is 2.93. The Morgan fingerprint density at radius 1 is 1.43 bits per heavy atom. The van der Waals surface area contributed by atoms with Gasteiger partial charge in [-0.15, -0.1) is 0 Å². The largest absolute Gasteiger partial charge is 0.412 e. The van der Waals surface area contributed by atoms with E-state index in [0.29, 0.717) is 0 Å². The molecule has 0 aromatic heterocycles. The average Bonchev–Trinajstić information content (AvgIpc) is 2.21. The van der Waals surface area contributed by atoms with Crippen molar-refractivity contribution in [2.24, 2.45) is 11.7 Å². The quantitative estimate of drug-likeness (QED) is 0.522. The molecule has 0 aliphatic heterocycles. The third-order valence-electron chi connectivity index (χ3n) is 1.27. The zero-order chi connectivity index (χ0) is 4.41. The molecule has 1 saturated carbocycles. The summed E-state index contributed by atoms with van der Waals surface area (Å²) >= 11 is 0. The van der Waals surface area contributed by atoms with Crippen molar-refractivity contribution < 1.29 is 5.48 Å². The summed E-state index contributed by atoms with van der Waals surface area (Å²) in [4.78, 5) is 0. The van der Waals surface area contributed by atoms with Crippen LogP contribution >= 0.6 is 0 Å². The van der Waals surface area contributed by atoms with E-state index in [4.69, 9.17) is 5.73 Å². The zero-order valence-corrected chi connectivity index (χ0v) is 4.48. The van der Waals surface area contributed by atoms with Crippen LogP contribution in [0.5, 0.6) is 0 Å². The second-order valence-corrected chi connectivity index (χ2v) is 2.02. The van der Waals surface area contributed by atoms with E-state index in [1.54, 1.807) is 0 Å². The minimum Gasteiger partial charge on any atom is -0.412 e. The van der Waals surface area contributed by atoms with Gasteiger partial charge in [0, 0.05) is 0 Å². The summed E-state index contributed by atoms with van der Waals surface area (Å²) in [6, 6.07) is 0. The highest BCUT2D eigenvalue weighted by atomic mass is 16.0. The fraction of sp³-hybridized carbons (Fsp3) is 1.00. The lowest BCUT2D eigenvalue weighted by Crippen LogP contribution is -1.98. The van der Waals surface area contributed by atoms with Gasteiger partial charge in [0.25, 0.3) is 0 Å². The van der Waals surface area contributed by atoms with Gasteiger partial charge in [0.15, 0.2) is 0 Å². The van der Waals surface area contributed by atoms with Crippen molar-refractivity contribution in [3.63, 3.8) is 0 Å². The van der Waals surface area contributed by atoms with Gasteiger partial charge in [-0.1, -0.05) is 12.8 Å². The Morgan fingerprint density at radius 3 is 2.14 bits per heavy atom. The van der Waals surface area contributed by atoms with Gasteiger partial charge in [-0.2, -0.15) is 0 Å². The third-order valence-corrected chi connectivity index (χ3v) is 1.27. The summed E-state index contributed by atoms with van der Waals surface area (Å²) in [5.41, 5.74) is 5.27. The molecule has 7 heavy (non-hydrogen) atoms. The van der Waals surface area contributed by atoms with Crippen LogP contribution in [-0.4, -0.2) is 12.0 Å². The van der Waals surface area contributed by atoms with Crippen LogP contribution in [0.15, 0.2) is 0 Å². The van der Waals surface area contributed by atoms with E-state index in [1.807, 2.05) is 0 Å². The van der Waals surface area contributed by atoms with E-state index < -0.39 is 0 Å². The second kappa shape index (κ2) is 2.99. The highest BCUT2D eigenvalue weighted by Crippen LogP contribution is 2.31. The first-order valence-electron chi connectivity index (χ1n) is 2.63. The minimum absolute atomic E-state index is 0. The Bertz CT molecular complexity index is 43.3. The molecule has 2 nitrogen and oxygen atoms in total. The Morgan fingerprint density at radius 2 is 2.00 bits per heavy atom. The number of hydrogen-bond donors (Lipinski definition) is 1. The molecule has 2 heteroatoms. The van der Waals surface area contributed by atoms with Crippen LogP contribution in [0.25, 0.3) is 0 Å². The Balaban J connectivity index is 0.000000360. The van der Waals surface area contributed by atoms with Gasteiger partial charge in [0.05, 0.1) is 0 Å². The van der Waals surface area contributed by atoms with Crippen LogP contribution in [0.3, 0.4) is 0 Å². The molecule has 1 fully saturated rings. The first-order valence-corrected chi connectivity index (χ1v) is 2.63. The van der Waals surface area contributed by atoms with Crippen molar-refractivity contribution in [1.82, 2.24) is 0 Å². The van der Waals surface area contributed by atoms with E-state index in [1.165, 1.54) is 19.3 Å². The molecule has 0 amide bonds. The molecular weight excluding hydrogens is 90.1 g/mol. The molecule has 1 aliphatic carbocycles. The van der Waals surface area contributed by atoms with Gasteiger partial charge in [0.2, 0.25) is 0 Å². The maximum absolute atomic E-state index is 5.27. The predicted molar refractivity (Wildman–Crippen MR) is 30.0 cm³/mol. The second-order valence-electron chi connectivity index (χ2n) is 2.02. The van der Waals surface area contributed by atoms with E-state index in [2.05, 4.69) is 0 Å². The van der Waals surface area contributed by atoms with Crippen LogP contribution < -0.4 is 5.73 Å². The highest BCUT2D eigenvalue weighted by molar-refractivity contribution is 4.72. The normalized spacial score (nSPS) is 18.4. The molecule has 0 saturated heterocycles. The Hall–Kier alpha value is -0.0800. The fourth-order valence-electron chi connectivity index (χ4n) is 0.642. The molecule has 0 spiro atoms. The smallest absolute Gasteiger partial charge is 0.00746 e. The van der Waals surface area contributed by atoms with Gasteiger partial charge in [-0.05, 0) is 18.9 Å². The lowest BCUT2D eigenvalue weighted by Gasteiger charge is -1.83. The maximum atomic E-state index is 5.27. The van der Waals surface area contributed by atoms with Crippen LogP contribution in [0.2, 0.25) is 0 Å². The van der Waals surface area contributed by atoms with Crippen molar-refractivity contribution >= 4 is 0 Å². The first kappa shape index (κ1) is 6.92. The summed E-state index contributed by atoms with van der Waals surface area (Å²) in [7, 11) is 0. The van der Waals surface area contributed by atoms with Crippen LogP contribution in [-0.2, 0) is 0 Å². The molecule has 0 bridgehead atoms. The van der Waals surface area contributed by atoms with Crippen molar-refractivity contribution in [3.8, 4) is 0 Å². The average molecular weight is 103 g/mol. The van der Waals surface area contributed by atoms with Crippen molar-refractivity contribution in [3.05, 3.63) is 0 Å². The summed E-state index contributed by atoms with van der Waals surface area (Å²) in [5, 5.41) is 0. The molecule has 0 radical (unpaired) electrons. The molecule has 0 unspecified atom stereocenters. The van der Waals surface area contributed by atoms with E-state index in [9.17, 15) is 0 Å². The van der Waals surface area contributed by atoms with Crippen molar-refractivity contribution in [2.75, 3.05) is 6.54 Å². The van der Waals surface area contributed by atoms with Gasteiger partial charge < -0.3 is 11.2 Å². The molecule has 0 atom stereocenters. The maximum Gasteiger partial charge on any atom is -0.00746 e. The number of hydrogen-bond acceptors (Lipinski definition) is 1. The van der Waals surface area contributed by atoms with Gasteiger partial charge >= 0.3 is 0 Å². The molecule has 1 rings (SSSR count). The molecule has 1 aliphatic rings. The lowest BCUT2D eigenvalue weighted by atomic mass is 10.3. The summed E-state index contributed by atoms with van der Waals surface area (Å²) in [5.74, 6) is 1.02. The zero-order valence-electron chi connectivity index (χ0n) is 4.48. The molecule has 4 N–H and O–H groups in total. The number of nitrogens with two attached hydrogens (primary N) is 1. The van der Waals surface area contributed by atoms with Crippen molar-refractivity contribution in [2.45, 2.75) is 19.3 Å². The van der Waals surface area contributed by atoms with E-state index in [-0.39, 0.29) is 5.48 Å². The molecular formula is C5H13NO. The lowest BCUT2D eigenvalue weighted by molar-refractivity contribution is 0.739. The molecule has 0 heterocycles. The number of rotatable bonds is 2. The minimum atomic E-state index is 0. The van der Waals surface area contributed by atoms with E-state index in [0.717, 1.165) is 12.5 Å². The highest BCUT2D eigenvalue weighted by Gasteiger charge is 2.18. The third kappa shape index (κ3) is 2.60. The van der Waals surface area contributed by atoms with Crippen molar-refractivity contribution in [1.29, 1.82) is 0 Å². The summed E-state index contributed by atoms with van der Waals surface area (Å²) < 4.78 is 0. The van der Waals surface area contributed by atoms with Gasteiger partial charge in [-0.3, -0.25) is 0 Å². The van der Waals surface area contributed by atoms with Gasteiger partial charge in [-0.25, -0.2) is 0 Å². The predicted octanol–water partition coefficient (Wildman–Crippen LogP) is -0.0795. The van der Waals surface area contributed by atoms with Crippen LogP contribution in [0, 0.1) is 5.92 Å². The Kier molecular flexibility index (Phi) is 2.96. The molecule has 0 aromatic rings. The topological polar surface area (TPSA) is 57.5 Å².